The smallest absolute Gasteiger partial charge is 0.162 e. The molecule has 0 fully saturated rings. The van der Waals surface area contributed by atoms with Crippen molar-refractivity contribution in [3.05, 3.63) is 47.8 Å². The zero-order chi connectivity index (χ0) is 16.4. The van der Waals surface area contributed by atoms with E-state index in [0.29, 0.717) is 11.5 Å². The van der Waals surface area contributed by atoms with Crippen molar-refractivity contribution in [1.29, 1.82) is 0 Å². The number of anilines is 2. The van der Waals surface area contributed by atoms with Crippen LogP contribution in [0.4, 0.5) is 11.5 Å². The average molecular weight is 309 g/mol. The number of para-hydroxylation sites is 1. The molecule has 0 amide bonds. The molecule has 118 valence electrons. The summed E-state index contributed by atoms with van der Waals surface area (Å²) < 4.78 is 10.7. The predicted molar refractivity (Wildman–Crippen MR) is 91.8 cm³/mol. The molecule has 2 aromatic carbocycles. The van der Waals surface area contributed by atoms with Crippen LogP contribution in [0.25, 0.3) is 10.9 Å². The van der Waals surface area contributed by atoms with E-state index in [1.807, 2.05) is 18.2 Å². The van der Waals surface area contributed by atoms with Crippen molar-refractivity contribution < 1.29 is 9.47 Å². The van der Waals surface area contributed by atoms with Crippen LogP contribution in [0.3, 0.4) is 0 Å². The van der Waals surface area contributed by atoms with Crippen molar-refractivity contribution in [3.8, 4) is 11.5 Å². The molecule has 5 heteroatoms. The maximum Gasteiger partial charge on any atom is 0.162 e. The molecule has 3 rings (SSSR count). The Kier molecular flexibility index (Phi) is 4.02. The number of hydrogen-bond acceptors (Lipinski definition) is 5. The summed E-state index contributed by atoms with van der Waals surface area (Å²) in [4.78, 5) is 8.72. The summed E-state index contributed by atoms with van der Waals surface area (Å²) in [6, 6.07) is 9.93. The standard InChI is InChI=1S/C18H19N3O2/c1-11-6-5-7-12(2)17(11)21-18-13-8-15(22-3)16(23-4)9-14(13)19-10-20-18/h5-10H,1-4H3,(H,19,20,21). The van der Waals surface area contributed by atoms with Crippen LogP contribution in [0.5, 0.6) is 11.5 Å². The Morgan fingerprint density at radius 1 is 0.913 bits per heavy atom. The van der Waals surface area contributed by atoms with Crippen LogP contribution in [0.15, 0.2) is 36.7 Å². The van der Waals surface area contributed by atoms with Gasteiger partial charge in [-0.1, -0.05) is 18.2 Å². The summed E-state index contributed by atoms with van der Waals surface area (Å²) >= 11 is 0. The normalized spacial score (nSPS) is 10.6. The first-order valence-corrected chi connectivity index (χ1v) is 7.34. The van der Waals surface area contributed by atoms with E-state index in [1.54, 1.807) is 20.5 Å². The van der Waals surface area contributed by atoms with E-state index < -0.39 is 0 Å². The lowest BCUT2D eigenvalue weighted by atomic mass is 10.1. The summed E-state index contributed by atoms with van der Waals surface area (Å²) in [5, 5.41) is 4.31. The van der Waals surface area contributed by atoms with Gasteiger partial charge in [0.1, 0.15) is 12.1 Å². The molecule has 0 unspecified atom stereocenters. The fraction of sp³-hybridized carbons (Fsp3) is 0.222. The van der Waals surface area contributed by atoms with Gasteiger partial charge in [0, 0.05) is 17.1 Å². The molecule has 0 aliphatic carbocycles. The van der Waals surface area contributed by atoms with Crippen LogP contribution in [0.1, 0.15) is 11.1 Å². The highest BCUT2D eigenvalue weighted by molar-refractivity contribution is 5.93. The van der Waals surface area contributed by atoms with Gasteiger partial charge in [0.05, 0.1) is 19.7 Å². The van der Waals surface area contributed by atoms with Crippen LogP contribution < -0.4 is 14.8 Å². The van der Waals surface area contributed by atoms with E-state index in [2.05, 4.69) is 41.3 Å². The average Bonchev–Trinajstić information content (AvgIpc) is 2.57. The van der Waals surface area contributed by atoms with Crippen molar-refractivity contribution in [2.45, 2.75) is 13.8 Å². The van der Waals surface area contributed by atoms with Gasteiger partial charge in [0.2, 0.25) is 0 Å². The maximum atomic E-state index is 5.39. The van der Waals surface area contributed by atoms with Gasteiger partial charge < -0.3 is 14.8 Å². The first kappa shape index (κ1) is 15.1. The molecule has 3 aromatic rings. The molecule has 0 aliphatic heterocycles. The summed E-state index contributed by atoms with van der Waals surface area (Å²) in [5.74, 6) is 2.05. The predicted octanol–water partition coefficient (Wildman–Crippen LogP) is 4.01. The Hall–Kier alpha value is -2.82. The lowest BCUT2D eigenvalue weighted by Gasteiger charge is -2.14. The van der Waals surface area contributed by atoms with Crippen LogP contribution in [0, 0.1) is 13.8 Å². The Bertz CT molecular complexity index is 842. The zero-order valence-corrected chi connectivity index (χ0v) is 13.7. The van der Waals surface area contributed by atoms with Gasteiger partial charge in [-0.25, -0.2) is 9.97 Å². The molecule has 0 atom stereocenters. The van der Waals surface area contributed by atoms with Gasteiger partial charge in [0.25, 0.3) is 0 Å². The molecule has 0 bridgehead atoms. The van der Waals surface area contributed by atoms with Crippen molar-refractivity contribution in [2.24, 2.45) is 0 Å². The lowest BCUT2D eigenvalue weighted by Crippen LogP contribution is -2.00. The SMILES string of the molecule is COc1cc2ncnc(Nc3c(C)cccc3C)c2cc1OC. The van der Waals surface area contributed by atoms with E-state index >= 15 is 0 Å². The van der Waals surface area contributed by atoms with E-state index in [9.17, 15) is 0 Å². The van der Waals surface area contributed by atoms with E-state index in [0.717, 1.165) is 33.5 Å². The number of fused-ring (bicyclic) bond motifs is 1. The monoisotopic (exact) mass is 309 g/mol. The van der Waals surface area contributed by atoms with Crippen LogP contribution in [-0.2, 0) is 0 Å². The van der Waals surface area contributed by atoms with Gasteiger partial charge in [-0.05, 0) is 31.0 Å². The quantitative estimate of drug-likeness (QED) is 0.789. The number of rotatable bonds is 4. The highest BCUT2D eigenvalue weighted by atomic mass is 16.5. The molecule has 1 N–H and O–H groups in total. The van der Waals surface area contributed by atoms with Crippen LogP contribution in [-0.4, -0.2) is 24.2 Å². The topological polar surface area (TPSA) is 56.3 Å². The fourth-order valence-electron chi connectivity index (χ4n) is 2.61. The molecular weight excluding hydrogens is 290 g/mol. The molecule has 0 radical (unpaired) electrons. The second kappa shape index (κ2) is 6.12. The molecule has 0 aliphatic rings. The van der Waals surface area contributed by atoms with Gasteiger partial charge in [-0.15, -0.1) is 0 Å². The Morgan fingerprint density at radius 3 is 2.22 bits per heavy atom. The fourth-order valence-corrected chi connectivity index (χ4v) is 2.61. The van der Waals surface area contributed by atoms with Gasteiger partial charge in [-0.3, -0.25) is 0 Å². The van der Waals surface area contributed by atoms with E-state index in [1.165, 1.54) is 0 Å². The third kappa shape index (κ3) is 2.77. The van der Waals surface area contributed by atoms with Crippen LogP contribution >= 0.6 is 0 Å². The van der Waals surface area contributed by atoms with Crippen molar-refractivity contribution >= 4 is 22.4 Å². The van der Waals surface area contributed by atoms with Crippen molar-refractivity contribution in [2.75, 3.05) is 19.5 Å². The number of aryl methyl sites for hydroxylation is 2. The van der Waals surface area contributed by atoms with E-state index in [4.69, 9.17) is 9.47 Å². The van der Waals surface area contributed by atoms with Gasteiger partial charge in [0.15, 0.2) is 11.5 Å². The Labute approximate surface area is 135 Å². The minimum atomic E-state index is 0.650. The number of hydrogen-bond donors (Lipinski definition) is 1. The number of methoxy groups -OCH3 is 2. The van der Waals surface area contributed by atoms with Crippen molar-refractivity contribution in [1.82, 2.24) is 9.97 Å². The summed E-state index contributed by atoms with van der Waals surface area (Å²) in [6.07, 6.45) is 1.55. The number of nitrogens with zero attached hydrogens (tertiary/aromatic N) is 2. The molecule has 0 spiro atoms. The third-order valence-corrected chi connectivity index (χ3v) is 3.87. The summed E-state index contributed by atoms with van der Waals surface area (Å²) in [6.45, 7) is 4.14. The maximum absolute atomic E-state index is 5.39. The minimum absolute atomic E-state index is 0.650. The Balaban J connectivity index is 2.14. The van der Waals surface area contributed by atoms with E-state index in [-0.39, 0.29) is 0 Å². The molecule has 23 heavy (non-hydrogen) atoms. The number of ether oxygens (including phenoxy) is 2. The minimum Gasteiger partial charge on any atom is -0.493 e. The highest BCUT2D eigenvalue weighted by Crippen LogP contribution is 2.35. The lowest BCUT2D eigenvalue weighted by molar-refractivity contribution is 0.356. The first-order valence-electron chi connectivity index (χ1n) is 7.34. The van der Waals surface area contributed by atoms with Crippen LogP contribution in [0.2, 0.25) is 0 Å². The summed E-state index contributed by atoms with van der Waals surface area (Å²) in [7, 11) is 3.23. The second-order valence-corrected chi connectivity index (χ2v) is 5.34. The number of aromatic nitrogens is 2. The van der Waals surface area contributed by atoms with Crippen molar-refractivity contribution in [3.63, 3.8) is 0 Å². The molecule has 1 aromatic heterocycles. The molecule has 5 nitrogen and oxygen atoms in total. The second-order valence-electron chi connectivity index (χ2n) is 5.34. The third-order valence-electron chi connectivity index (χ3n) is 3.87. The molecular formula is C18H19N3O2. The zero-order valence-electron chi connectivity index (χ0n) is 13.7. The molecule has 1 heterocycles. The number of benzene rings is 2. The first-order chi connectivity index (χ1) is 11.1. The van der Waals surface area contributed by atoms with Gasteiger partial charge >= 0.3 is 0 Å². The summed E-state index contributed by atoms with van der Waals surface area (Å²) in [5.41, 5.74) is 4.18. The Morgan fingerprint density at radius 2 is 1.57 bits per heavy atom. The number of nitrogens with one attached hydrogen (secondary N) is 1. The molecule has 0 saturated carbocycles. The van der Waals surface area contributed by atoms with Gasteiger partial charge in [-0.2, -0.15) is 0 Å². The highest BCUT2D eigenvalue weighted by Gasteiger charge is 2.12. The molecule has 0 saturated heterocycles. The largest absolute Gasteiger partial charge is 0.493 e.